The summed E-state index contributed by atoms with van der Waals surface area (Å²) in [6.45, 7) is -0.272. The number of carboxylic acids is 1. The van der Waals surface area contributed by atoms with Crippen molar-refractivity contribution in [2.75, 3.05) is 20.2 Å². The highest BCUT2D eigenvalue weighted by Gasteiger charge is 2.47. The van der Waals surface area contributed by atoms with Crippen LogP contribution in [0.4, 0.5) is 22.0 Å². The molecule has 1 N–H and O–H groups in total. The summed E-state index contributed by atoms with van der Waals surface area (Å²) in [5.74, 6) is -5.50. The number of rotatable bonds is 4. The van der Waals surface area contributed by atoms with E-state index in [1.54, 1.807) is 42.5 Å². The molecule has 0 radical (unpaired) electrons. The Hall–Kier alpha value is -3.96. The largest absolute Gasteiger partial charge is 0.497 e. The fourth-order valence-corrected chi connectivity index (χ4v) is 3.38. The fourth-order valence-electron chi connectivity index (χ4n) is 3.38. The van der Waals surface area contributed by atoms with Crippen LogP contribution < -0.4 is 9.47 Å². The average Bonchev–Trinajstić information content (AvgIpc) is 2.84. The van der Waals surface area contributed by atoms with Gasteiger partial charge in [-0.05, 0) is 30.3 Å². The molecule has 3 aromatic rings. The highest BCUT2D eigenvalue weighted by atomic mass is 19.4. The number of ether oxygens (including phenoxy) is 2. The summed E-state index contributed by atoms with van der Waals surface area (Å²) in [4.78, 5) is 27.4. The van der Waals surface area contributed by atoms with Gasteiger partial charge in [0, 0.05) is 30.0 Å². The van der Waals surface area contributed by atoms with Crippen molar-refractivity contribution in [1.29, 1.82) is 0 Å². The number of benzene rings is 2. The molecule has 1 unspecified atom stereocenters. The Kier molecular flexibility index (Phi) is 7.96. The lowest BCUT2D eigenvalue weighted by Gasteiger charge is -2.38. The molecule has 1 aliphatic heterocycles. The van der Waals surface area contributed by atoms with Gasteiger partial charge < -0.3 is 19.5 Å². The smallest absolute Gasteiger partial charge is 0.490 e. The zero-order valence-corrected chi connectivity index (χ0v) is 18.8. The summed E-state index contributed by atoms with van der Waals surface area (Å²) in [5, 5.41) is 8.02. The van der Waals surface area contributed by atoms with E-state index in [4.69, 9.17) is 19.4 Å². The lowest BCUT2D eigenvalue weighted by atomic mass is 10.0. The predicted octanol–water partition coefficient (Wildman–Crippen LogP) is 4.81. The number of aromatic nitrogens is 1. The van der Waals surface area contributed by atoms with Crippen LogP contribution in [0.5, 0.6) is 11.6 Å². The van der Waals surface area contributed by atoms with E-state index in [1.807, 2.05) is 18.2 Å². The third-order valence-corrected chi connectivity index (χ3v) is 5.25. The van der Waals surface area contributed by atoms with E-state index in [9.17, 15) is 26.7 Å². The van der Waals surface area contributed by atoms with Gasteiger partial charge >= 0.3 is 12.1 Å². The van der Waals surface area contributed by atoms with Crippen molar-refractivity contribution in [2.45, 2.75) is 24.6 Å². The van der Waals surface area contributed by atoms with Gasteiger partial charge in [0.05, 0.1) is 19.2 Å². The number of carbonyl (C=O) groups is 2. The molecule has 12 heteroatoms. The number of fused-ring (bicyclic) bond motifs is 1. The number of carbonyl (C=O) groups excluding carboxylic acids is 1. The Morgan fingerprint density at radius 3 is 2.44 bits per heavy atom. The van der Waals surface area contributed by atoms with Gasteiger partial charge in [0.15, 0.2) is 6.10 Å². The van der Waals surface area contributed by atoms with E-state index in [0.717, 1.165) is 5.39 Å². The first kappa shape index (κ1) is 26.6. The molecule has 1 saturated heterocycles. The summed E-state index contributed by atoms with van der Waals surface area (Å²) in [7, 11) is 1.51. The highest BCUT2D eigenvalue weighted by molar-refractivity contribution is 5.94. The number of methoxy groups -OCH3 is 1. The van der Waals surface area contributed by atoms with Crippen LogP contribution in [-0.4, -0.2) is 65.3 Å². The molecular weight excluding hydrogens is 491 g/mol. The maximum Gasteiger partial charge on any atom is 0.490 e. The van der Waals surface area contributed by atoms with Crippen molar-refractivity contribution < 1.29 is 46.1 Å². The first-order valence-electron chi connectivity index (χ1n) is 10.5. The Balaban J connectivity index is 0.000000454. The molecule has 0 bridgehead atoms. The molecule has 0 saturated carbocycles. The standard InChI is InChI=1S/C22H20F2N2O3.C2HF3O2/c1-28-17-7-4-6-16(13-17)21(27)26-12-11-22(23,24)19(14-26)29-20-10-9-15-5-2-3-8-18(15)25-20;3-2(4,5)1(6)7/h2-10,13,19H,11-12,14H2,1H3;(H,6,7). The van der Waals surface area contributed by atoms with Crippen LogP contribution in [0.15, 0.2) is 60.7 Å². The SMILES string of the molecule is COc1cccc(C(=O)N2CCC(F)(F)C(Oc3ccc4ccccc4n3)C2)c1.O=C(O)C(F)(F)F. The van der Waals surface area contributed by atoms with Crippen LogP contribution in [0.3, 0.4) is 0 Å². The third kappa shape index (κ3) is 6.58. The molecule has 1 fully saturated rings. The minimum absolute atomic E-state index is 0.0476. The molecule has 1 aromatic heterocycles. The maximum atomic E-state index is 14.5. The zero-order valence-electron chi connectivity index (χ0n) is 18.8. The normalized spacial score (nSPS) is 17.1. The number of halogens is 5. The topological polar surface area (TPSA) is 89.0 Å². The monoisotopic (exact) mass is 512 g/mol. The number of amides is 1. The minimum atomic E-state index is -5.08. The Bertz CT molecular complexity index is 1230. The van der Waals surface area contributed by atoms with Gasteiger partial charge in [-0.1, -0.05) is 24.3 Å². The molecule has 4 rings (SSSR count). The van der Waals surface area contributed by atoms with E-state index in [2.05, 4.69) is 4.98 Å². The number of aliphatic carboxylic acids is 1. The van der Waals surface area contributed by atoms with Crippen molar-refractivity contribution in [3.63, 3.8) is 0 Å². The molecule has 36 heavy (non-hydrogen) atoms. The van der Waals surface area contributed by atoms with Gasteiger partial charge in [0.2, 0.25) is 5.88 Å². The lowest BCUT2D eigenvalue weighted by molar-refractivity contribution is -0.192. The zero-order chi connectivity index (χ0) is 26.5. The van der Waals surface area contributed by atoms with Crippen molar-refractivity contribution >= 4 is 22.8 Å². The van der Waals surface area contributed by atoms with E-state index in [-0.39, 0.29) is 24.9 Å². The van der Waals surface area contributed by atoms with Crippen LogP contribution in [0, 0.1) is 0 Å². The fraction of sp³-hybridized carbons (Fsp3) is 0.292. The molecule has 2 heterocycles. The molecule has 7 nitrogen and oxygen atoms in total. The molecule has 192 valence electrons. The number of hydrogen-bond acceptors (Lipinski definition) is 5. The first-order valence-corrected chi connectivity index (χ1v) is 10.5. The Labute approximate surface area is 202 Å². The van der Waals surface area contributed by atoms with E-state index in [1.165, 1.54) is 12.0 Å². The van der Waals surface area contributed by atoms with Gasteiger partial charge in [0.25, 0.3) is 11.8 Å². The maximum absolute atomic E-state index is 14.5. The van der Waals surface area contributed by atoms with E-state index >= 15 is 0 Å². The number of likely N-dealkylation sites (tertiary alicyclic amines) is 1. The number of carboxylic acid groups (broad SMARTS) is 1. The number of alkyl halides is 5. The second-order valence-corrected chi connectivity index (χ2v) is 7.75. The van der Waals surface area contributed by atoms with Gasteiger partial charge in [-0.2, -0.15) is 13.2 Å². The molecule has 1 atom stereocenters. The summed E-state index contributed by atoms with van der Waals surface area (Å²) >= 11 is 0. The first-order chi connectivity index (χ1) is 16.9. The van der Waals surface area contributed by atoms with Gasteiger partial charge in [-0.3, -0.25) is 4.79 Å². The number of piperidine rings is 1. The number of hydrogen-bond donors (Lipinski definition) is 1. The Morgan fingerprint density at radius 1 is 1.08 bits per heavy atom. The minimum Gasteiger partial charge on any atom is -0.497 e. The third-order valence-electron chi connectivity index (χ3n) is 5.25. The van der Waals surface area contributed by atoms with Crippen LogP contribution in [0.2, 0.25) is 0 Å². The van der Waals surface area contributed by atoms with Crippen molar-refractivity contribution in [3.8, 4) is 11.6 Å². The van der Waals surface area contributed by atoms with Crippen LogP contribution in [0.1, 0.15) is 16.8 Å². The van der Waals surface area contributed by atoms with Crippen LogP contribution >= 0.6 is 0 Å². The van der Waals surface area contributed by atoms with Crippen molar-refractivity contribution in [2.24, 2.45) is 0 Å². The molecule has 1 aliphatic rings. The number of para-hydroxylation sites is 1. The van der Waals surface area contributed by atoms with Gasteiger partial charge in [-0.15, -0.1) is 0 Å². The molecule has 0 spiro atoms. The predicted molar refractivity (Wildman–Crippen MR) is 118 cm³/mol. The highest BCUT2D eigenvalue weighted by Crippen LogP contribution is 2.32. The quantitative estimate of drug-likeness (QED) is 0.505. The summed E-state index contributed by atoms with van der Waals surface area (Å²) < 4.78 is 71.5. The summed E-state index contributed by atoms with van der Waals surface area (Å²) in [6.07, 6.45) is -7.03. The number of nitrogens with zero attached hydrogens (tertiary/aromatic N) is 2. The van der Waals surface area contributed by atoms with E-state index < -0.39 is 30.6 Å². The van der Waals surface area contributed by atoms with E-state index in [0.29, 0.717) is 16.8 Å². The molecule has 2 aromatic carbocycles. The van der Waals surface area contributed by atoms with Gasteiger partial charge in [0.1, 0.15) is 5.75 Å². The second-order valence-electron chi connectivity index (χ2n) is 7.75. The second kappa shape index (κ2) is 10.8. The molecule has 1 amide bonds. The molecular formula is C24H21F5N2O5. The van der Waals surface area contributed by atoms with Crippen LogP contribution in [0.25, 0.3) is 10.9 Å². The van der Waals surface area contributed by atoms with Gasteiger partial charge in [-0.25, -0.2) is 18.6 Å². The van der Waals surface area contributed by atoms with Crippen LogP contribution in [-0.2, 0) is 4.79 Å². The average molecular weight is 512 g/mol. The van der Waals surface area contributed by atoms with Crippen molar-refractivity contribution in [3.05, 3.63) is 66.2 Å². The summed E-state index contributed by atoms with van der Waals surface area (Å²) in [5.41, 5.74) is 1.05. The Morgan fingerprint density at radius 2 is 1.78 bits per heavy atom. The summed E-state index contributed by atoms with van der Waals surface area (Å²) in [6, 6.07) is 17.4. The lowest BCUT2D eigenvalue weighted by Crippen LogP contribution is -2.55. The number of pyridine rings is 1. The molecule has 0 aliphatic carbocycles. The van der Waals surface area contributed by atoms with Crippen molar-refractivity contribution in [1.82, 2.24) is 9.88 Å².